The molecule has 0 saturated heterocycles. The van der Waals surface area contributed by atoms with Crippen molar-refractivity contribution in [2.24, 2.45) is 0 Å². The van der Waals surface area contributed by atoms with E-state index < -0.39 is 12.0 Å². The van der Waals surface area contributed by atoms with Crippen molar-refractivity contribution < 1.29 is 14.3 Å². The Morgan fingerprint density at radius 3 is 2.46 bits per heavy atom. The maximum Gasteiger partial charge on any atom is 0.328 e. The number of amides is 1. The zero-order valence-corrected chi connectivity index (χ0v) is 14.8. The first-order chi connectivity index (χ1) is 11.6. The zero-order chi connectivity index (χ0) is 17.4. The third-order valence-corrected chi connectivity index (χ3v) is 4.81. The average Bonchev–Trinajstić information content (AvgIpc) is 2.60. The lowest BCUT2D eigenvalue weighted by atomic mass is 10.1. The van der Waals surface area contributed by atoms with Gasteiger partial charge in [0.15, 0.2) is 0 Å². The number of hydrogen-bond donors (Lipinski definition) is 1. The SMILES string of the molecule is COC(=O)[C@@H](Cc1ccccc1)NC(=O)CSc1ccccc1Cl. The highest BCUT2D eigenvalue weighted by molar-refractivity contribution is 8.00. The van der Waals surface area contributed by atoms with Gasteiger partial charge >= 0.3 is 5.97 Å². The Morgan fingerprint density at radius 1 is 1.12 bits per heavy atom. The predicted molar refractivity (Wildman–Crippen MR) is 96.3 cm³/mol. The Labute approximate surface area is 150 Å². The number of methoxy groups -OCH3 is 1. The summed E-state index contributed by atoms with van der Waals surface area (Å²) in [5.74, 6) is -0.535. The van der Waals surface area contributed by atoms with Gasteiger partial charge in [-0.3, -0.25) is 4.79 Å². The number of carbonyl (C=O) groups is 2. The Bertz CT molecular complexity index is 694. The standard InChI is InChI=1S/C18H18ClNO3S/c1-23-18(22)15(11-13-7-3-2-4-8-13)20-17(21)12-24-16-10-6-5-9-14(16)19/h2-10,15H,11-12H2,1H3,(H,20,21)/t15-/m1/s1. The first-order valence-electron chi connectivity index (χ1n) is 7.38. The number of rotatable bonds is 7. The first-order valence-corrected chi connectivity index (χ1v) is 8.75. The molecule has 0 aromatic heterocycles. The molecule has 126 valence electrons. The number of halogens is 1. The van der Waals surface area contributed by atoms with Gasteiger partial charge in [0.1, 0.15) is 6.04 Å². The van der Waals surface area contributed by atoms with Crippen molar-refractivity contribution in [3.05, 3.63) is 65.2 Å². The second-order valence-electron chi connectivity index (χ2n) is 5.05. The van der Waals surface area contributed by atoms with Crippen LogP contribution < -0.4 is 5.32 Å². The molecule has 1 N–H and O–H groups in total. The number of benzene rings is 2. The number of hydrogen-bond acceptors (Lipinski definition) is 4. The summed E-state index contributed by atoms with van der Waals surface area (Å²) in [6, 6.07) is 16.1. The van der Waals surface area contributed by atoms with Crippen LogP contribution in [0, 0.1) is 0 Å². The van der Waals surface area contributed by atoms with Crippen LogP contribution in [0.4, 0.5) is 0 Å². The third-order valence-electron chi connectivity index (χ3n) is 3.30. The van der Waals surface area contributed by atoms with Gasteiger partial charge in [-0.2, -0.15) is 0 Å². The van der Waals surface area contributed by atoms with Crippen LogP contribution in [-0.4, -0.2) is 30.8 Å². The van der Waals surface area contributed by atoms with Crippen LogP contribution in [0.25, 0.3) is 0 Å². The van der Waals surface area contributed by atoms with E-state index in [1.807, 2.05) is 48.5 Å². The monoisotopic (exact) mass is 363 g/mol. The topological polar surface area (TPSA) is 55.4 Å². The Balaban J connectivity index is 1.94. The van der Waals surface area contributed by atoms with Gasteiger partial charge in [-0.15, -0.1) is 11.8 Å². The molecule has 0 spiro atoms. The maximum absolute atomic E-state index is 12.2. The molecular weight excluding hydrogens is 346 g/mol. The molecule has 2 aromatic carbocycles. The Morgan fingerprint density at radius 2 is 1.79 bits per heavy atom. The molecule has 0 aliphatic carbocycles. The highest BCUT2D eigenvalue weighted by Crippen LogP contribution is 2.26. The van der Waals surface area contributed by atoms with E-state index in [4.69, 9.17) is 16.3 Å². The highest BCUT2D eigenvalue weighted by atomic mass is 35.5. The number of thioether (sulfide) groups is 1. The van der Waals surface area contributed by atoms with Gasteiger partial charge in [0.2, 0.25) is 5.91 Å². The largest absolute Gasteiger partial charge is 0.467 e. The molecule has 6 heteroatoms. The molecule has 2 rings (SSSR count). The summed E-state index contributed by atoms with van der Waals surface area (Å²) in [5.41, 5.74) is 0.951. The minimum absolute atomic E-state index is 0.173. The van der Waals surface area contributed by atoms with Gasteiger partial charge in [0, 0.05) is 11.3 Å². The van der Waals surface area contributed by atoms with Crippen molar-refractivity contribution in [2.45, 2.75) is 17.4 Å². The molecule has 0 aliphatic rings. The van der Waals surface area contributed by atoms with Gasteiger partial charge in [0.25, 0.3) is 0 Å². The Hall–Kier alpha value is -1.98. The quantitative estimate of drug-likeness (QED) is 0.605. The highest BCUT2D eigenvalue weighted by Gasteiger charge is 2.22. The molecule has 1 amide bonds. The summed E-state index contributed by atoms with van der Waals surface area (Å²) >= 11 is 7.39. The van der Waals surface area contributed by atoms with Gasteiger partial charge < -0.3 is 10.1 Å². The summed E-state index contributed by atoms with van der Waals surface area (Å²) < 4.78 is 4.79. The fraction of sp³-hybridized carbons (Fsp3) is 0.222. The summed E-state index contributed by atoms with van der Waals surface area (Å²) in [7, 11) is 1.31. The van der Waals surface area contributed by atoms with Crippen LogP contribution in [0.3, 0.4) is 0 Å². The van der Waals surface area contributed by atoms with Crippen LogP contribution in [0.2, 0.25) is 5.02 Å². The minimum atomic E-state index is -0.711. The lowest BCUT2D eigenvalue weighted by molar-refractivity contribution is -0.144. The molecule has 0 aliphatic heterocycles. The van der Waals surface area contributed by atoms with Crippen molar-refractivity contribution in [2.75, 3.05) is 12.9 Å². The van der Waals surface area contributed by atoms with Crippen LogP contribution in [0.1, 0.15) is 5.56 Å². The van der Waals surface area contributed by atoms with E-state index in [2.05, 4.69) is 5.32 Å². The molecule has 0 bridgehead atoms. The van der Waals surface area contributed by atoms with Crippen molar-refractivity contribution in [3.63, 3.8) is 0 Å². The fourth-order valence-corrected chi connectivity index (χ4v) is 3.18. The summed E-state index contributed by atoms with van der Waals surface area (Å²) in [5, 5.41) is 3.33. The molecule has 0 radical (unpaired) electrons. The Kier molecular flexibility index (Phi) is 7.15. The molecule has 0 fully saturated rings. The summed E-state index contributed by atoms with van der Waals surface area (Å²) in [6.45, 7) is 0. The predicted octanol–water partition coefficient (Wildman–Crippen LogP) is 3.33. The smallest absolute Gasteiger partial charge is 0.328 e. The average molecular weight is 364 g/mol. The number of esters is 1. The van der Waals surface area contributed by atoms with E-state index in [1.165, 1.54) is 18.9 Å². The van der Waals surface area contributed by atoms with Gasteiger partial charge in [-0.05, 0) is 17.7 Å². The second-order valence-corrected chi connectivity index (χ2v) is 6.48. The molecule has 2 aromatic rings. The molecule has 24 heavy (non-hydrogen) atoms. The van der Waals surface area contributed by atoms with E-state index in [1.54, 1.807) is 6.07 Å². The zero-order valence-electron chi connectivity index (χ0n) is 13.2. The lowest BCUT2D eigenvalue weighted by Gasteiger charge is -2.16. The van der Waals surface area contributed by atoms with E-state index in [9.17, 15) is 9.59 Å². The van der Waals surface area contributed by atoms with Gasteiger partial charge in [-0.1, -0.05) is 54.1 Å². The molecule has 0 heterocycles. The van der Waals surface area contributed by atoms with Crippen molar-refractivity contribution >= 4 is 35.2 Å². The summed E-state index contributed by atoms with van der Waals surface area (Å²) in [6.07, 6.45) is 0.385. The van der Waals surface area contributed by atoms with Crippen LogP contribution >= 0.6 is 23.4 Å². The number of nitrogens with one attached hydrogen (secondary N) is 1. The van der Waals surface area contributed by atoms with Crippen LogP contribution in [0.15, 0.2) is 59.5 Å². The maximum atomic E-state index is 12.2. The normalized spacial score (nSPS) is 11.6. The van der Waals surface area contributed by atoms with E-state index in [-0.39, 0.29) is 11.7 Å². The van der Waals surface area contributed by atoms with Crippen molar-refractivity contribution in [3.8, 4) is 0 Å². The number of carbonyl (C=O) groups excluding carboxylic acids is 2. The van der Waals surface area contributed by atoms with Gasteiger partial charge in [0.05, 0.1) is 17.9 Å². The fourth-order valence-electron chi connectivity index (χ4n) is 2.13. The van der Waals surface area contributed by atoms with E-state index >= 15 is 0 Å². The lowest BCUT2D eigenvalue weighted by Crippen LogP contribution is -2.43. The minimum Gasteiger partial charge on any atom is -0.467 e. The van der Waals surface area contributed by atoms with Gasteiger partial charge in [-0.25, -0.2) is 4.79 Å². The molecule has 1 atom stereocenters. The molecule has 0 unspecified atom stereocenters. The van der Waals surface area contributed by atoms with Crippen LogP contribution in [0.5, 0.6) is 0 Å². The second kappa shape index (κ2) is 9.35. The van der Waals surface area contributed by atoms with Crippen molar-refractivity contribution in [1.29, 1.82) is 0 Å². The molecular formula is C18H18ClNO3S. The van der Waals surface area contributed by atoms with Crippen molar-refractivity contribution in [1.82, 2.24) is 5.32 Å². The summed E-state index contributed by atoms with van der Waals surface area (Å²) in [4.78, 5) is 24.9. The third kappa shape index (κ3) is 5.58. The first kappa shape index (κ1) is 18.4. The molecule has 4 nitrogen and oxygen atoms in total. The molecule has 0 saturated carbocycles. The number of ether oxygens (including phenoxy) is 1. The van der Waals surface area contributed by atoms with E-state index in [0.717, 1.165) is 10.5 Å². The van der Waals surface area contributed by atoms with E-state index in [0.29, 0.717) is 11.4 Å². The van der Waals surface area contributed by atoms with Crippen LogP contribution in [-0.2, 0) is 20.7 Å².